The number of rotatable bonds is 2. The first-order valence-electron chi connectivity index (χ1n) is 5.26. The van der Waals surface area contributed by atoms with Crippen molar-refractivity contribution in [2.45, 2.75) is 45.3 Å². The molecule has 0 bridgehead atoms. The average Bonchev–Trinajstić information content (AvgIpc) is 2.49. The van der Waals surface area contributed by atoms with Gasteiger partial charge < -0.3 is 14.6 Å². The number of nitrogens with zero attached hydrogens (tertiary/aromatic N) is 2. The Kier molecular flexibility index (Phi) is 2.65. The first-order chi connectivity index (χ1) is 7.05. The molecule has 1 aliphatic rings. The lowest BCUT2D eigenvalue weighted by molar-refractivity contribution is -0.0555. The summed E-state index contributed by atoms with van der Waals surface area (Å²) in [6.45, 7) is 6.78. The Bertz CT molecular complexity index is 335. The van der Waals surface area contributed by atoms with E-state index in [4.69, 9.17) is 9.26 Å². The zero-order valence-electron chi connectivity index (χ0n) is 9.41. The van der Waals surface area contributed by atoms with Crippen LogP contribution >= 0.6 is 0 Å². The molecule has 2 heterocycles. The predicted molar refractivity (Wildman–Crippen MR) is 55.7 cm³/mol. The molecule has 2 rings (SSSR count). The van der Waals surface area contributed by atoms with Gasteiger partial charge in [-0.2, -0.15) is 4.98 Å². The monoisotopic (exact) mass is 211 g/mol. The van der Waals surface area contributed by atoms with Gasteiger partial charge in [0, 0.05) is 12.6 Å². The fraction of sp³-hybridized carbons (Fsp3) is 0.800. The molecule has 1 aromatic rings. The second-order valence-electron chi connectivity index (χ2n) is 4.59. The summed E-state index contributed by atoms with van der Waals surface area (Å²) < 4.78 is 10.7. The summed E-state index contributed by atoms with van der Waals surface area (Å²) >= 11 is 0. The van der Waals surface area contributed by atoms with Crippen LogP contribution in [0.25, 0.3) is 0 Å². The maximum Gasteiger partial charge on any atom is 0.321 e. The van der Waals surface area contributed by atoms with Crippen LogP contribution in [-0.2, 0) is 4.74 Å². The summed E-state index contributed by atoms with van der Waals surface area (Å²) in [5.41, 5.74) is -0.0645. The molecule has 1 aromatic heterocycles. The van der Waals surface area contributed by atoms with Crippen LogP contribution in [0.3, 0.4) is 0 Å². The molecule has 0 spiro atoms. The van der Waals surface area contributed by atoms with Crippen LogP contribution < -0.4 is 5.32 Å². The van der Waals surface area contributed by atoms with E-state index in [0.29, 0.717) is 17.9 Å². The summed E-state index contributed by atoms with van der Waals surface area (Å²) in [4.78, 5) is 4.12. The number of aryl methyl sites for hydroxylation is 1. The molecule has 5 heteroatoms. The fourth-order valence-electron chi connectivity index (χ4n) is 1.89. The van der Waals surface area contributed by atoms with E-state index in [1.54, 1.807) is 0 Å². The van der Waals surface area contributed by atoms with Gasteiger partial charge in [0.05, 0.1) is 5.60 Å². The SMILES string of the molecule is Cc1noc(NC2CCOC(C)(C)C2)n1. The molecule has 5 nitrogen and oxygen atoms in total. The Morgan fingerprint density at radius 3 is 2.87 bits per heavy atom. The molecule has 0 aromatic carbocycles. The first-order valence-corrected chi connectivity index (χ1v) is 5.26. The lowest BCUT2D eigenvalue weighted by atomic mass is 9.94. The standard InChI is InChI=1S/C10H17N3O2/c1-7-11-9(15-13-7)12-8-4-5-14-10(2,3)6-8/h8H,4-6H2,1-3H3,(H,11,12,13). The van der Waals surface area contributed by atoms with E-state index in [-0.39, 0.29) is 5.60 Å². The van der Waals surface area contributed by atoms with E-state index < -0.39 is 0 Å². The van der Waals surface area contributed by atoms with E-state index in [1.807, 2.05) is 6.92 Å². The van der Waals surface area contributed by atoms with E-state index in [9.17, 15) is 0 Å². The third kappa shape index (κ3) is 2.68. The van der Waals surface area contributed by atoms with E-state index >= 15 is 0 Å². The van der Waals surface area contributed by atoms with Gasteiger partial charge >= 0.3 is 6.01 Å². The number of hydrogen-bond donors (Lipinski definition) is 1. The van der Waals surface area contributed by atoms with Gasteiger partial charge in [0.1, 0.15) is 0 Å². The van der Waals surface area contributed by atoms with E-state index in [0.717, 1.165) is 19.4 Å². The van der Waals surface area contributed by atoms with Crippen LogP contribution in [0.1, 0.15) is 32.5 Å². The van der Waals surface area contributed by atoms with Gasteiger partial charge in [-0.15, -0.1) is 0 Å². The maximum atomic E-state index is 5.63. The van der Waals surface area contributed by atoms with Crippen LogP contribution in [-0.4, -0.2) is 28.4 Å². The fourth-order valence-corrected chi connectivity index (χ4v) is 1.89. The zero-order chi connectivity index (χ0) is 10.9. The van der Waals surface area contributed by atoms with Crippen LogP contribution in [0.15, 0.2) is 4.52 Å². The smallest absolute Gasteiger partial charge is 0.321 e. The lowest BCUT2D eigenvalue weighted by Gasteiger charge is -2.35. The van der Waals surface area contributed by atoms with Gasteiger partial charge in [0.25, 0.3) is 0 Å². The molecule has 1 fully saturated rings. The number of hydrogen-bond acceptors (Lipinski definition) is 5. The van der Waals surface area contributed by atoms with Crippen molar-refractivity contribution in [2.75, 3.05) is 11.9 Å². The topological polar surface area (TPSA) is 60.2 Å². The molecular weight excluding hydrogens is 194 g/mol. The predicted octanol–water partition coefficient (Wildman–Crippen LogP) is 1.75. The summed E-state index contributed by atoms with van der Waals surface area (Å²) in [6, 6.07) is 0.865. The largest absolute Gasteiger partial charge is 0.375 e. The quantitative estimate of drug-likeness (QED) is 0.807. The third-order valence-electron chi connectivity index (χ3n) is 2.55. The zero-order valence-corrected chi connectivity index (χ0v) is 9.41. The second-order valence-corrected chi connectivity index (χ2v) is 4.59. The van der Waals surface area contributed by atoms with E-state index in [2.05, 4.69) is 29.3 Å². The van der Waals surface area contributed by atoms with Crippen molar-refractivity contribution in [1.82, 2.24) is 10.1 Å². The maximum absolute atomic E-state index is 5.63. The summed E-state index contributed by atoms with van der Waals surface area (Å²) in [5, 5.41) is 6.98. The normalized spacial score (nSPS) is 25.1. The minimum absolute atomic E-state index is 0.0645. The molecule has 1 saturated heterocycles. The van der Waals surface area contributed by atoms with E-state index in [1.165, 1.54) is 0 Å². The van der Waals surface area contributed by atoms with Gasteiger partial charge in [-0.25, -0.2) is 0 Å². The molecule has 0 amide bonds. The minimum Gasteiger partial charge on any atom is -0.375 e. The highest BCUT2D eigenvalue weighted by molar-refractivity contribution is 5.20. The molecule has 84 valence electrons. The number of nitrogens with one attached hydrogen (secondary N) is 1. The highest BCUT2D eigenvalue weighted by Crippen LogP contribution is 2.25. The lowest BCUT2D eigenvalue weighted by Crippen LogP contribution is -2.40. The molecule has 1 aliphatic heterocycles. The molecule has 15 heavy (non-hydrogen) atoms. The van der Waals surface area contributed by atoms with Crippen LogP contribution in [0.4, 0.5) is 6.01 Å². The Morgan fingerprint density at radius 2 is 2.27 bits per heavy atom. The Hall–Kier alpha value is -1.10. The Labute approximate surface area is 89.2 Å². The first kappa shape index (κ1) is 10.4. The Balaban J connectivity index is 1.95. The van der Waals surface area contributed by atoms with Crippen molar-refractivity contribution < 1.29 is 9.26 Å². The third-order valence-corrected chi connectivity index (χ3v) is 2.55. The van der Waals surface area contributed by atoms with Crippen molar-refractivity contribution in [3.05, 3.63) is 5.82 Å². The molecule has 1 atom stereocenters. The highest BCUT2D eigenvalue weighted by atomic mass is 16.5. The van der Waals surface area contributed by atoms with Crippen molar-refractivity contribution in [3.8, 4) is 0 Å². The van der Waals surface area contributed by atoms with Crippen molar-refractivity contribution in [1.29, 1.82) is 0 Å². The molecule has 0 radical (unpaired) electrons. The minimum atomic E-state index is -0.0645. The van der Waals surface area contributed by atoms with Crippen molar-refractivity contribution >= 4 is 6.01 Å². The van der Waals surface area contributed by atoms with Gasteiger partial charge in [0.15, 0.2) is 5.82 Å². The van der Waals surface area contributed by atoms with Gasteiger partial charge in [0.2, 0.25) is 0 Å². The summed E-state index contributed by atoms with van der Waals surface area (Å²) in [7, 11) is 0. The van der Waals surface area contributed by atoms with Gasteiger partial charge in [-0.05, 0) is 33.6 Å². The molecule has 1 N–H and O–H groups in total. The number of aromatic nitrogens is 2. The van der Waals surface area contributed by atoms with Gasteiger partial charge in [-0.3, -0.25) is 0 Å². The van der Waals surface area contributed by atoms with Crippen LogP contribution in [0.2, 0.25) is 0 Å². The molecule has 0 saturated carbocycles. The highest BCUT2D eigenvalue weighted by Gasteiger charge is 2.29. The summed E-state index contributed by atoms with van der Waals surface area (Å²) in [5.74, 6) is 0.656. The van der Waals surface area contributed by atoms with Crippen LogP contribution in [0.5, 0.6) is 0 Å². The van der Waals surface area contributed by atoms with Gasteiger partial charge in [-0.1, -0.05) is 5.16 Å². The van der Waals surface area contributed by atoms with Crippen molar-refractivity contribution in [2.24, 2.45) is 0 Å². The number of ether oxygens (including phenoxy) is 1. The Morgan fingerprint density at radius 1 is 1.47 bits per heavy atom. The molecular formula is C10H17N3O2. The molecule has 0 aliphatic carbocycles. The number of anilines is 1. The second kappa shape index (κ2) is 3.81. The van der Waals surface area contributed by atoms with Crippen LogP contribution in [0, 0.1) is 6.92 Å². The summed E-state index contributed by atoms with van der Waals surface area (Å²) in [6.07, 6.45) is 1.93. The van der Waals surface area contributed by atoms with Crippen molar-refractivity contribution in [3.63, 3.8) is 0 Å². The average molecular weight is 211 g/mol. The molecule has 1 unspecified atom stereocenters.